The number of phenols is 1. The standard InChI is InChI=1S/C15H19N3O2/c1-12-4-5-13(10-14(12)19)15(20)17-6-2-3-8-18-9-7-16-11-18/h4-5,7,9-11,19H,2-3,6,8H2,1H3,(H,17,20). The van der Waals surface area contributed by atoms with Crippen LogP contribution in [0.1, 0.15) is 28.8 Å². The fourth-order valence-electron chi connectivity index (χ4n) is 1.89. The highest BCUT2D eigenvalue weighted by molar-refractivity contribution is 5.94. The van der Waals surface area contributed by atoms with Gasteiger partial charge in [0.1, 0.15) is 5.75 Å². The van der Waals surface area contributed by atoms with Gasteiger partial charge in [-0.05, 0) is 37.5 Å². The number of aryl methyl sites for hydroxylation is 2. The van der Waals surface area contributed by atoms with Gasteiger partial charge >= 0.3 is 0 Å². The summed E-state index contributed by atoms with van der Waals surface area (Å²) in [6, 6.07) is 4.95. The smallest absolute Gasteiger partial charge is 0.251 e. The Morgan fingerprint density at radius 1 is 1.40 bits per heavy atom. The highest BCUT2D eigenvalue weighted by Gasteiger charge is 2.06. The van der Waals surface area contributed by atoms with Crippen LogP contribution in [0.4, 0.5) is 0 Å². The Morgan fingerprint density at radius 3 is 2.95 bits per heavy atom. The number of nitrogens with zero attached hydrogens (tertiary/aromatic N) is 2. The summed E-state index contributed by atoms with van der Waals surface area (Å²) in [5.41, 5.74) is 1.25. The van der Waals surface area contributed by atoms with Crippen molar-refractivity contribution < 1.29 is 9.90 Å². The number of carbonyl (C=O) groups excluding carboxylic acids is 1. The molecule has 0 aliphatic rings. The first-order valence-corrected chi connectivity index (χ1v) is 6.70. The van der Waals surface area contributed by atoms with E-state index in [-0.39, 0.29) is 11.7 Å². The molecule has 0 saturated heterocycles. The van der Waals surface area contributed by atoms with Crippen LogP contribution in [0.3, 0.4) is 0 Å². The molecule has 20 heavy (non-hydrogen) atoms. The zero-order valence-electron chi connectivity index (χ0n) is 11.5. The van der Waals surface area contributed by atoms with Crippen molar-refractivity contribution in [2.24, 2.45) is 0 Å². The molecule has 0 saturated carbocycles. The van der Waals surface area contributed by atoms with Gasteiger partial charge in [-0.1, -0.05) is 6.07 Å². The molecule has 1 heterocycles. The number of amides is 1. The number of rotatable bonds is 6. The molecule has 5 heteroatoms. The van der Waals surface area contributed by atoms with E-state index in [2.05, 4.69) is 10.3 Å². The zero-order chi connectivity index (χ0) is 14.4. The fraction of sp³-hybridized carbons (Fsp3) is 0.333. The van der Waals surface area contributed by atoms with Crippen molar-refractivity contribution in [3.8, 4) is 5.75 Å². The predicted molar refractivity (Wildman–Crippen MR) is 76.6 cm³/mol. The molecule has 0 bridgehead atoms. The summed E-state index contributed by atoms with van der Waals surface area (Å²) in [4.78, 5) is 15.8. The number of hydrogen-bond donors (Lipinski definition) is 2. The molecule has 0 radical (unpaired) electrons. The molecule has 1 aromatic heterocycles. The normalized spacial score (nSPS) is 10.4. The van der Waals surface area contributed by atoms with E-state index in [1.165, 1.54) is 6.07 Å². The Balaban J connectivity index is 1.70. The van der Waals surface area contributed by atoms with E-state index in [1.54, 1.807) is 31.6 Å². The molecular weight excluding hydrogens is 254 g/mol. The van der Waals surface area contributed by atoms with Crippen molar-refractivity contribution in [1.29, 1.82) is 0 Å². The van der Waals surface area contributed by atoms with E-state index < -0.39 is 0 Å². The van der Waals surface area contributed by atoms with E-state index in [4.69, 9.17) is 0 Å². The lowest BCUT2D eigenvalue weighted by molar-refractivity contribution is 0.0952. The molecule has 106 valence electrons. The number of aromatic hydroxyl groups is 1. The SMILES string of the molecule is Cc1ccc(C(=O)NCCCCn2ccnc2)cc1O. The lowest BCUT2D eigenvalue weighted by atomic mass is 10.1. The minimum atomic E-state index is -0.150. The number of carbonyl (C=O) groups is 1. The van der Waals surface area contributed by atoms with Crippen molar-refractivity contribution in [3.63, 3.8) is 0 Å². The van der Waals surface area contributed by atoms with Gasteiger partial charge in [0.2, 0.25) is 0 Å². The Hall–Kier alpha value is -2.30. The van der Waals surface area contributed by atoms with Crippen LogP contribution < -0.4 is 5.32 Å². The summed E-state index contributed by atoms with van der Waals surface area (Å²) >= 11 is 0. The molecule has 0 fully saturated rings. The quantitative estimate of drug-likeness (QED) is 0.792. The monoisotopic (exact) mass is 273 g/mol. The third-order valence-corrected chi connectivity index (χ3v) is 3.16. The molecular formula is C15H19N3O2. The van der Waals surface area contributed by atoms with E-state index in [0.29, 0.717) is 12.1 Å². The van der Waals surface area contributed by atoms with Gasteiger partial charge in [0.15, 0.2) is 0 Å². The second-order valence-electron chi connectivity index (χ2n) is 4.76. The van der Waals surface area contributed by atoms with E-state index in [9.17, 15) is 9.90 Å². The first-order chi connectivity index (χ1) is 9.66. The van der Waals surface area contributed by atoms with Gasteiger partial charge in [-0.25, -0.2) is 4.98 Å². The van der Waals surface area contributed by atoms with Crippen LogP contribution in [0.5, 0.6) is 5.75 Å². The molecule has 0 aliphatic heterocycles. The number of benzene rings is 1. The summed E-state index contributed by atoms with van der Waals surface area (Å²) in [7, 11) is 0. The predicted octanol–water partition coefficient (Wildman–Crippen LogP) is 2.11. The number of aromatic nitrogens is 2. The highest BCUT2D eigenvalue weighted by Crippen LogP contribution is 2.17. The van der Waals surface area contributed by atoms with Crippen LogP contribution >= 0.6 is 0 Å². The molecule has 0 aliphatic carbocycles. The van der Waals surface area contributed by atoms with Crippen LogP contribution in [0.25, 0.3) is 0 Å². The van der Waals surface area contributed by atoms with Crippen LogP contribution in [0, 0.1) is 6.92 Å². The van der Waals surface area contributed by atoms with E-state index in [0.717, 1.165) is 24.9 Å². The van der Waals surface area contributed by atoms with Gasteiger partial charge in [0.25, 0.3) is 5.91 Å². The fourth-order valence-corrected chi connectivity index (χ4v) is 1.89. The molecule has 0 atom stereocenters. The average Bonchev–Trinajstić information content (AvgIpc) is 2.94. The average molecular weight is 273 g/mol. The largest absolute Gasteiger partial charge is 0.508 e. The maximum absolute atomic E-state index is 11.9. The maximum atomic E-state index is 11.9. The molecule has 2 rings (SSSR count). The Bertz CT molecular complexity index is 565. The van der Waals surface area contributed by atoms with Crippen molar-refractivity contribution in [3.05, 3.63) is 48.0 Å². The van der Waals surface area contributed by atoms with Gasteiger partial charge in [-0.15, -0.1) is 0 Å². The minimum absolute atomic E-state index is 0.150. The van der Waals surface area contributed by atoms with Crippen LogP contribution in [-0.4, -0.2) is 27.1 Å². The Morgan fingerprint density at radius 2 is 2.25 bits per heavy atom. The van der Waals surface area contributed by atoms with E-state index in [1.807, 2.05) is 10.8 Å². The number of imidazole rings is 1. The number of phenolic OH excluding ortho intramolecular Hbond substituents is 1. The lowest BCUT2D eigenvalue weighted by Gasteiger charge is -2.07. The summed E-state index contributed by atoms with van der Waals surface area (Å²) in [5, 5.41) is 12.4. The molecule has 2 aromatic rings. The molecule has 5 nitrogen and oxygen atoms in total. The Kier molecular flexibility index (Phi) is 4.76. The number of hydrogen-bond acceptors (Lipinski definition) is 3. The number of nitrogens with one attached hydrogen (secondary N) is 1. The molecule has 0 spiro atoms. The second-order valence-corrected chi connectivity index (χ2v) is 4.76. The van der Waals surface area contributed by atoms with Crippen molar-refractivity contribution in [1.82, 2.24) is 14.9 Å². The zero-order valence-corrected chi connectivity index (χ0v) is 11.5. The minimum Gasteiger partial charge on any atom is -0.508 e. The van der Waals surface area contributed by atoms with Gasteiger partial charge in [0.05, 0.1) is 6.33 Å². The first kappa shape index (κ1) is 14.1. The molecule has 1 amide bonds. The summed E-state index contributed by atoms with van der Waals surface area (Å²) in [5.74, 6) is 0.000638. The molecule has 2 N–H and O–H groups in total. The molecule has 0 unspecified atom stereocenters. The lowest BCUT2D eigenvalue weighted by Crippen LogP contribution is -2.24. The third-order valence-electron chi connectivity index (χ3n) is 3.16. The topological polar surface area (TPSA) is 67.2 Å². The van der Waals surface area contributed by atoms with Crippen LogP contribution in [-0.2, 0) is 6.54 Å². The molecule has 1 aromatic carbocycles. The van der Waals surface area contributed by atoms with Crippen LogP contribution in [0.2, 0.25) is 0 Å². The summed E-state index contributed by atoms with van der Waals surface area (Å²) in [6.07, 6.45) is 7.35. The summed E-state index contributed by atoms with van der Waals surface area (Å²) in [6.45, 7) is 3.33. The number of unbranched alkanes of at least 4 members (excludes halogenated alkanes) is 1. The Labute approximate surface area is 118 Å². The van der Waals surface area contributed by atoms with Gasteiger partial charge in [-0.3, -0.25) is 4.79 Å². The van der Waals surface area contributed by atoms with Crippen molar-refractivity contribution in [2.45, 2.75) is 26.3 Å². The third kappa shape index (κ3) is 3.85. The maximum Gasteiger partial charge on any atom is 0.251 e. The summed E-state index contributed by atoms with van der Waals surface area (Å²) < 4.78 is 2.01. The van der Waals surface area contributed by atoms with Crippen molar-refractivity contribution >= 4 is 5.91 Å². The van der Waals surface area contributed by atoms with Crippen LogP contribution in [0.15, 0.2) is 36.9 Å². The van der Waals surface area contributed by atoms with Gasteiger partial charge in [0, 0.05) is 31.0 Å². The van der Waals surface area contributed by atoms with Gasteiger partial charge in [-0.2, -0.15) is 0 Å². The van der Waals surface area contributed by atoms with Gasteiger partial charge < -0.3 is 15.0 Å². The first-order valence-electron chi connectivity index (χ1n) is 6.70. The highest BCUT2D eigenvalue weighted by atomic mass is 16.3. The van der Waals surface area contributed by atoms with Crippen molar-refractivity contribution in [2.75, 3.05) is 6.54 Å². The second kappa shape index (κ2) is 6.75. The van der Waals surface area contributed by atoms with E-state index >= 15 is 0 Å².